The number of H-pyrrole nitrogens is 1. The summed E-state index contributed by atoms with van der Waals surface area (Å²) in [7, 11) is 0. The highest BCUT2D eigenvalue weighted by atomic mass is 35.5. The number of aromatic hydroxyl groups is 1. The fourth-order valence-corrected chi connectivity index (χ4v) is 4.64. The van der Waals surface area contributed by atoms with Crippen LogP contribution in [0.3, 0.4) is 0 Å². The molecule has 0 spiro atoms. The first-order valence-electron chi connectivity index (χ1n) is 11.9. The number of aliphatic hydroxyl groups excluding tert-OH is 2. The third-order valence-electron chi connectivity index (χ3n) is 6.24. The Morgan fingerprint density at radius 3 is 2.59 bits per heavy atom. The van der Waals surface area contributed by atoms with Crippen LogP contribution in [0.5, 0.6) is 5.75 Å². The molecule has 1 aromatic heterocycles. The standard InChI is InChI=1S/C28H29Cl2N3O4/c1-16(31-14-27(36)18-4-7-26(35)21(10-18)15-34)8-17-2-6-24-20(9-17)11-25(33-24)28(37)32-13-19-3-5-22(29)12-23(19)30/h2-7,9-12,16,27,31,33-36H,8,13-15H2,1H3,(H,32,37)/t16?,27-/m0/s1. The van der Waals surface area contributed by atoms with Crippen molar-refractivity contribution in [2.24, 2.45) is 0 Å². The average Bonchev–Trinajstić information content (AvgIpc) is 3.30. The monoisotopic (exact) mass is 541 g/mol. The molecule has 2 atom stereocenters. The van der Waals surface area contributed by atoms with Crippen LogP contribution < -0.4 is 10.6 Å². The molecule has 7 nitrogen and oxygen atoms in total. The van der Waals surface area contributed by atoms with Gasteiger partial charge in [0, 0.05) is 45.6 Å². The molecule has 0 aliphatic carbocycles. The minimum absolute atomic E-state index is 0.00604. The lowest BCUT2D eigenvalue weighted by atomic mass is 10.0. The van der Waals surface area contributed by atoms with Gasteiger partial charge in [-0.05, 0) is 72.5 Å². The molecule has 6 N–H and O–H groups in total. The van der Waals surface area contributed by atoms with Gasteiger partial charge in [0.1, 0.15) is 11.4 Å². The summed E-state index contributed by atoms with van der Waals surface area (Å²) < 4.78 is 0. The molecule has 4 aromatic rings. The molecule has 0 radical (unpaired) electrons. The second-order valence-corrected chi connectivity index (χ2v) is 9.94. The van der Waals surface area contributed by atoms with E-state index in [1.807, 2.05) is 31.2 Å². The lowest BCUT2D eigenvalue weighted by Gasteiger charge is -2.18. The van der Waals surface area contributed by atoms with Gasteiger partial charge in [0.2, 0.25) is 0 Å². The SMILES string of the molecule is CC(Cc1ccc2[nH]c(C(=O)NCc3ccc(Cl)cc3Cl)cc2c1)NC[C@H](O)c1ccc(O)c(CO)c1. The number of aromatic amines is 1. The van der Waals surface area contributed by atoms with E-state index in [-0.39, 0.29) is 30.9 Å². The minimum Gasteiger partial charge on any atom is -0.508 e. The molecule has 0 bridgehead atoms. The average molecular weight is 542 g/mol. The van der Waals surface area contributed by atoms with Gasteiger partial charge < -0.3 is 30.9 Å². The Bertz CT molecular complexity index is 1410. The summed E-state index contributed by atoms with van der Waals surface area (Å²) in [6.07, 6.45) is -0.0497. The number of rotatable bonds is 10. The summed E-state index contributed by atoms with van der Waals surface area (Å²) in [5.74, 6) is -0.224. The Labute approximate surface area is 225 Å². The number of carbonyl (C=O) groups is 1. The molecule has 1 heterocycles. The van der Waals surface area contributed by atoms with Crippen LogP contribution in [0.2, 0.25) is 10.0 Å². The van der Waals surface area contributed by atoms with Gasteiger partial charge in [-0.25, -0.2) is 0 Å². The number of aliphatic hydroxyl groups is 2. The quantitative estimate of drug-likeness (QED) is 0.171. The van der Waals surface area contributed by atoms with Crippen molar-refractivity contribution < 1.29 is 20.1 Å². The molecule has 0 aliphatic rings. The predicted molar refractivity (Wildman–Crippen MR) is 146 cm³/mol. The zero-order valence-corrected chi connectivity index (χ0v) is 21.8. The van der Waals surface area contributed by atoms with Crippen molar-refractivity contribution >= 4 is 40.0 Å². The van der Waals surface area contributed by atoms with E-state index in [4.69, 9.17) is 23.2 Å². The van der Waals surface area contributed by atoms with Gasteiger partial charge >= 0.3 is 0 Å². The van der Waals surface area contributed by atoms with E-state index >= 15 is 0 Å². The molecule has 3 aromatic carbocycles. The maximum Gasteiger partial charge on any atom is 0.267 e. The molecule has 0 fully saturated rings. The van der Waals surface area contributed by atoms with Crippen LogP contribution in [-0.4, -0.2) is 38.8 Å². The third kappa shape index (κ3) is 6.83. The number of hydrogen-bond acceptors (Lipinski definition) is 5. The van der Waals surface area contributed by atoms with E-state index in [9.17, 15) is 20.1 Å². The highest BCUT2D eigenvalue weighted by molar-refractivity contribution is 6.35. The number of phenols is 1. The summed E-state index contributed by atoms with van der Waals surface area (Å²) >= 11 is 12.1. The van der Waals surface area contributed by atoms with E-state index in [2.05, 4.69) is 15.6 Å². The summed E-state index contributed by atoms with van der Waals surface area (Å²) in [5.41, 5.74) is 4.20. The number of hydrogen-bond donors (Lipinski definition) is 6. The maximum absolute atomic E-state index is 12.7. The molecule has 9 heteroatoms. The largest absolute Gasteiger partial charge is 0.508 e. The molecule has 0 saturated carbocycles. The fourth-order valence-electron chi connectivity index (χ4n) is 4.16. The number of halogens is 2. The van der Waals surface area contributed by atoms with E-state index in [0.29, 0.717) is 33.4 Å². The highest BCUT2D eigenvalue weighted by Gasteiger charge is 2.14. The molecule has 1 amide bonds. The fraction of sp³-hybridized carbons (Fsp3) is 0.250. The first-order valence-corrected chi connectivity index (χ1v) is 12.7. The number of nitrogens with one attached hydrogen (secondary N) is 3. The van der Waals surface area contributed by atoms with Crippen molar-refractivity contribution in [2.45, 2.75) is 38.6 Å². The van der Waals surface area contributed by atoms with Gasteiger partial charge in [-0.1, -0.05) is 41.4 Å². The van der Waals surface area contributed by atoms with Gasteiger partial charge in [0.25, 0.3) is 5.91 Å². The Morgan fingerprint density at radius 1 is 1.03 bits per heavy atom. The van der Waals surface area contributed by atoms with Crippen LogP contribution >= 0.6 is 23.2 Å². The summed E-state index contributed by atoms with van der Waals surface area (Å²) in [5, 5.41) is 37.7. The molecule has 0 saturated heterocycles. The van der Waals surface area contributed by atoms with Gasteiger partial charge in [0.05, 0.1) is 12.7 Å². The van der Waals surface area contributed by atoms with Crippen molar-refractivity contribution in [3.05, 3.63) is 98.7 Å². The second kappa shape index (κ2) is 12.0. The highest BCUT2D eigenvalue weighted by Crippen LogP contribution is 2.23. The van der Waals surface area contributed by atoms with Crippen LogP contribution in [0.4, 0.5) is 0 Å². The first kappa shape index (κ1) is 27.0. The predicted octanol–water partition coefficient (Wildman–Crippen LogP) is 4.86. The minimum atomic E-state index is -0.774. The van der Waals surface area contributed by atoms with Gasteiger partial charge in [-0.15, -0.1) is 0 Å². The van der Waals surface area contributed by atoms with Crippen LogP contribution in [0, 0.1) is 0 Å². The van der Waals surface area contributed by atoms with Gasteiger partial charge in [-0.3, -0.25) is 4.79 Å². The van der Waals surface area contributed by atoms with Crippen molar-refractivity contribution in [1.82, 2.24) is 15.6 Å². The van der Waals surface area contributed by atoms with Crippen LogP contribution in [0.25, 0.3) is 10.9 Å². The Hall–Kier alpha value is -3.07. The number of amides is 1. The zero-order chi connectivity index (χ0) is 26.5. The lowest BCUT2D eigenvalue weighted by molar-refractivity contribution is 0.0946. The number of benzene rings is 3. The van der Waals surface area contributed by atoms with E-state index in [0.717, 1.165) is 28.5 Å². The van der Waals surface area contributed by atoms with E-state index in [1.165, 1.54) is 6.07 Å². The Kier molecular flexibility index (Phi) is 8.74. The topological polar surface area (TPSA) is 118 Å². The van der Waals surface area contributed by atoms with Crippen molar-refractivity contribution in [2.75, 3.05) is 6.54 Å². The molecule has 194 valence electrons. The Morgan fingerprint density at radius 2 is 1.84 bits per heavy atom. The summed E-state index contributed by atoms with van der Waals surface area (Å²) in [4.78, 5) is 15.8. The summed E-state index contributed by atoms with van der Waals surface area (Å²) in [6, 6.07) is 17.8. The second-order valence-electron chi connectivity index (χ2n) is 9.10. The number of aromatic nitrogens is 1. The number of carbonyl (C=O) groups excluding carboxylic acids is 1. The van der Waals surface area contributed by atoms with Crippen LogP contribution in [0.15, 0.2) is 60.7 Å². The smallest absolute Gasteiger partial charge is 0.267 e. The van der Waals surface area contributed by atoms with Crippen LogP contribution in [0.1, 0.15) is 45.8 Å². The van der Waals surface area contributed by atoms with E-state index in [1.54, 1.807) is 30.3 Å². The normalized spacial score (nSPS) is 13.0. The van der Waals surface area contributed by atoms with Crippen LogP contribution in [-0.2, 0) is 19.6 Å². The van der Waals surface area contributed by atoms with E-state index < -0.39 is 6.10 Å². The molecular weight excluding hydrogens is 513 g/mol. The first-order chi connectivity index (χ1) is 17.7. The summed E-state index contributed by atoms with van der Waals surface area (Å²) in [6.45, 7) is 2.35. The molecule has 1 unspecified atom stereocenters. The van der Waals surface area contributed by atoms with Gasteiger partial charge in [-0.2, -0.15) is 0 Å². The lowest BCUT2D eigenvalue weighted by Crippen LogP contribution is -2.32. The molecule has 37 heavy (non-hydrogen) atoms. The maximum atomic E-state index is 12.7. The molecular formula is C28H29Cl2N3O4. The molecule has 4 rings (SSSR count). The number of fused-ring (bicyclic) bond motifs is 1. The van der Waals surface area contributed by atoms with Crippen molar-refractivity contribution in [3.63, 3.8) is 0 Å². The molecule has 0 aliphatic heterocycles. The van der Waals surface area contributed by atoms with Gasteiger partial charge in [0.15, 0.2) is 0 Å². The Balaban J connectivity index is 1.33. The van der Waals surface area contributed by atoms with Crippen molar-refractivity contribution in [1.29, 1.82) is 0 Å². The third-order valence-corrected chi connectivity index (χ3v) is 6.83. The van der Waals surface area contributed by atoms with Crippen molar-refractivity contribution in [3.8, 4) is 5.75 Å². The zero-order valence-electron chi connectivity index (χ0n) is 20.3.